The molecule has 1 aliphatic heterocycles. The fraction of sp³-hybridized carbons (Fsp3) is 0.344. The van der Waals surface area contributed by atoms with E-state index in [0.717, 1.165) is 60.9 Å². The second-order valence-electron chi connectivity index (χ2n) is 9.70. The standard InChI is InChI=1S/C30H37N7O.C2H6/c1-22-6-11-27(19-29(22)34-23(2)33-28(12-13-31)26-5-4-14-32-20-26)35-30(38)25-9-7-24(8-10-25)21-37-17-15-36(3)16-18-37;1-2/h4-14,19-20,23,34H,15-18,21,31H2,1-3H3,(H,35,38);1-2H3/b13-12-,33-28+;. The zero-order valence-corrected chi connectivity index (χ0v) is 24.4. The molecule has 8 nitrogen and oxygen atoms in total. The maximum Gasteiger partial charge on any atom is 0.255 e. The summed E-state index contributed by atoms with van der Waals surface area (Å²) in [6.07, 6.45) is 6.47. The number of rotatable bonds is 9. The van der Waals surface area contributed by atoms with Crippen LogP contribution in [0.15, 0.2) is 84.3 Å². The lowest BCUT2D eigenvalue weighted by molar-refractivity contribution is 0.102. The Bertz CT molecular complexity index is 1260. The summed E-state index contributed by atoms with van der Waals surface area (Å²) in [5.41, 5.74) is 11.8. The summed E-state index contributed by atoms with van der Waals surface area (Å²) in [4.78, 5) is 26.7. The van der Waals surface area contributed by atoms with Gasteiger partial charge in [-0.3, -0.25) is 19.7 Å². The van der Waals surface area contributed by atoms with Crippen LogP contribution in [0, 0.1) is 6.92 Å². The maximum absolute atomic E-state index is 12.9. The van der Waals surface area contributed by atoms with Gasteiger partial charge in [0.05, 0.1) is 5.71 Å². The molecular formula is C32H43N7O. The van der Waals surface area contributed by atoms with Gasteiger partial charge < -0.3 is 21.3 Å². The maximum atomic E-state index is 12.9. The number of likely N-dealkylation sites (N-methyl/N-ethyl adjacent to an activating group) is 1. The number of allylic oxidation sites excluding steroid dienone is 1. The van der Waals surface area contributed by atoms with Crippen LogP contribution in [0.5, 0.6) is 0 Å². The quantitative estimate of drug-likeness (QED) is 0.325. The normalized spacial score (nSPS) is 15.3. The first-order valence-corrected chi connectivity index (χ1v) is 14.0. The predicted molar refractivity (Wildman–Crippen MR) is 167 cm³/mol. The molecule has 1 aliphatic rings. The molecule has 0 radical (unpaired) electrons. The van der Waals surface area contributed by atoms with Gasteiger partial charge in [-0.15, -0.1) is 0 Å². The van der Waals surface area contributed by atoms with Crippen molar-refractivity contribution in [3.63, 3.8) is 0 Å². The molecule has 2 heterocycles. The van der Waals surface area contributed by atoms with E-state index in [4.69, 9.17) is 10.7 Å². The largest absolute Gasteiger partial charge is 0.405 e. The molecule has 0 bridgehead atoms. The highest BCUT2D eigenvalue weighted by Gasteiger charge is 2.14. The monoisotopic (exact) mass is 541 g/mol. The van der Waals surface area contributed by atoms with Crippen molar-refractivity contribution in [3.05, 3.63) is 102 Å². The summed E-state index contributed by atoms with van der Waals surface area (Å²) >= 11 is 0. The van der Waals surface area contributed by atoms with Gasteiger partial charge in [-0.1, -0.05) is 32.0 Å². The minimum atomic E-state index is -0.237. The number of hydrogen-bond acceptors (Lipinski definition) is 7. The summed E-state index contributed by atoms with van der Waals surface area (Å²) in [5.74, 6) is -0.135. The van der Waals surface area contributed by atoms with Gasteiger partial charge in [-0.2, -0.15) is 0 Å². The number of hydrogen-bond donors (Lipinski definition) is 3. The summed E-state index contributed by atoms with van der Waals surface area (Å²) in [6, 6.07) is 17.5. The minimum Gasteiger partial charge on any atom is -0.405 e. The van der Waals surface area contributed by atoms with Gasteiger partial charge in [0.2, 0.25) is 0 Å². The molecule has 1 atom stereocenters. The molecule has 8 heteroatoms. The fourth-order valence-electron chi connectivity index (χ4n) is 4.37. The van der Waals surface area contributed by atoms with Crippen LogP contribution < -0.4 is 16.4 Å². The van der Waals surface area contributed by atoms with Crippen molar-refractivity contribution in [1.82, 2.24) is 14.8 Å². The Morgan fingerprint density at radius 3 is 2.45 bits per heavy atom. The Morgan fingerprint density at radius 1 is 1.07 bits per heavy atom. The molecule has 1 aromatic heterocycles. The minimum absolute atomic E-state index is 0.135. The topological polar surface area (TPSA) is 98.9 Å². The summed E-state index contributed by atoms with van der Waals surface area (Å²) < 4.78 is 0. The predicted octanol–water partition coefficient (Wildman–Crippen LogP) is 5.14. The van der Waals surface area contributed by atoms with Crippen LogP contribution >= 0.6 is 0 Å². The third kappa shape index (κ3) is 9.03. The van der Waals surface area contributed by atoms with Crippen molar-refractivity contribution < 1.29 is 4.79 Å². The molecule has 1 fully saturated rings. The zero-order chi connectivity index (χ0) is 28.9. The molecule has 2 aromatic carbocycles. The van der Waals surface area contributed by atoms with E-state index >= 15 is 0 Å². The average Bonchev–Trinajstić information content (AvgIpc) is 2.97. The molecule has 212 valence electrons. The zero-order valence-electron chi connectivity index (χ0n) is 24.4. The van der Waals surface area contributed by atoms with Crippen LogP contribution in [-0.2, 0) is 6.54 Å². The molecule has 4 rings (SSSR count). The second-order valence-corrected chi connectivity index (χ2v) is 9.70. The molecule has 1 amide bonds. The van der Waals surface area contributed by atoms with E-state index in [2.05, 4.69) is 32.5 Å². The van der Waals surface area contributed by atoms with Crippen LogP contribution in [0.2, 0.25) is 0 Å². The van der Waals surface area contributed by atoms with Crippen LogP contribution in [0.3, 0.4) is 0 Å². The van der Waals surface area contributed by atoms with Gasteiger partial charge in [0.1, 0.15) is 6.17 Å². The number of aliphatic imine (C=N–C) groups is 1. The summed E-state index contributed by atoms with van der Waals surface area (Å²) in [7, 11) is 2.16. The third-order valence-corrected chi connectivity index (χ3v) is 6.62. The Hall–Kier alpha value is -4.01. The van der Waals surface area contributed by atoms with Gasteiger partial charge in [0.15, 0.2) is 0 Å². The number of carbonyl (C=O) groups is 1. The van der Waals surface area contributed by atoms with E-state index in [1.54, 1.807) is 18.5 Å². The molecule has 40 heavy (non-hydrogen) atoms. The van der Waals surface area contributed by atoms with Gasteiger partial charge >= 0.3 is 0 Å². The Kier molecular flexibility index (Phi) is 11.9. The lowest BCUT2D eigenvalue weighted by atomic mass is 10.1. The lowest BCUT2D eigenvalue weighted by Gasteiger charge is -2.32. The van der Waals surface area contributed by atoms with Crippen molar-refractivity contribution in [2.75, 3.05) is 43.9 Å². The van der Waals surface area contributed by atoms with E-state index in [-0.39, 0.29) is 12.1 Å². The smallest absolute Gasteiger partial charge is 0.255 e. The van der Waals surface area contributed by atoms with E-state index in [1.807, 2.05) is 82.3 Å². The number of nitrogens with two attached hydrogens (primary N) is 1. The van der Waals surface area contributed by atoms with E-state index < -0.39 is 0 Å². The lowest BCUT2D eigenvalue weighted by Crippen LogP contribution is -2.43. The third-order valence-electron chi connectivity index (χ3n) is 6.62. The van der Waals surface area contributed by atoms with Crippen LogP contribution in [-0.4, -0.2) is 65.8 Å². The van der Waals surface area contributed by atoms with Crippen molar-refractivity contribution in [1.29, 1.82) is 0 Å². The number of benzene rings is 2. The van der Waals surface area contributed by atoms with Crippen molar-refractivity contribution in [2.24, 2.45) is 10.7 Å². The Morgan fingerprint density at radius 2 is 1.80 bits per heavy atom. The van der Waals surface area contributed by atoms with Crippen LogP contribution in [0.4, 0.5) is 11.4 Å². The number of carbonyl (C=O) groups excluding carboxylic acids is 1. The molecule has 1 saturated heterocycles. The fourth-order valence-corrected chi connectivity index (χ4v) is 4.37. The first kappa shape index (κ1) is 30.5. The molecule has 0 saturated carbocycles. The molecule has 4 N–H and O–H groups in total. The Labute approximate surface area is 239 Å². The number of aryl methyl sites for hydroxylation is 1. The Balaban J connectivity index is 0.00000216. The average molecular weight is 542 g/mol. The number of amides is 1. The molecule has 3 aromatic rings. The van der Waals surface area contributed by atoms with E-state index in [9.17, 15) is 4.79 Å². The number of piperazine rings is 1. The summed E-state index contributed by atoms with van der Waals surface area (Å²) in [5, 5.41) is 6.45. The van der Waals surface area contributed by atoms with Crippen LogP contribution in [0.25, 0.3) is 0 Å². The molecule has 1 unspecified atom stereocenters. The number of nitrogens with zero attached hydrogens (tertiary/aromatic N) is 4. The highest BCUT2D eigenvalue weighted by atomic mass is 16.1. The molecular weight excluding hydrogens is 498 g/mol. The highest BCUT2D eigenvalue weighted by Crippen LogP contribution is 2.22. The number of nitrogens with one attached hydrogen (secondary N) is 2. The van der Waals surface area contributed by atoms with Crippen molar-refractivity contribution >= 4 is 23.0 Å². The number of pyridine rings is 1. The highest BCUT2D eigenvalue weighted by molar-refractivity contribution is 6.08. The second kappa shape index (κ2) is 15.5. The van der Waals surface area contributed by atoms with Gasteiger partial charge in [-0.25, -0.2) is 0 Å². The van der Waals surface area contributed by atoms with Crippen molar-refractivity contribution in [3.8, 4) is 0 Å². The van der Waals surface area contributed by atoms with Gasteiger partial charge in [-0.05, 0) is 80.7 Å². The van der Waals surface area contributed by atoms with E-state index in [0.29, 0.717) is 5.56 Å². The molecule has 0 spiro atoms. The first-order valence-electron chi connectivity index (χ1n) is 14.0. The SMILES string of the molecule is CC.Cc1ccc(NC(=O)c2ccc(CN3CCN(C)CC3)cc2)cc1NC(C)/N=C(\C=C/N)c1cccnc1. The summed E-state index contributed by atoms with van der Waals surface area (Å²) in [6.45, 7) is 13.2. The first-order chi connectivity index (χ1) is 19.4. The number of aromatic nitrogens is 1. The van der Waals surface area contributed by atoms with Gasteiger partial charge in [0.25, 0.3) is 5.91 Å². The number of anilines is 2. The molecule has 0 aliphatic carbocycles. The van der Waals surface area contributed by atoms with E-state index in [1.165, 1.54) is 11.8 Å². The van der Waals surface area contributed by atoms with Crippen LogP contribution in [0.1, 0.15) is 47.8 Å². The van der Waals surface area contributed by atoms with Crippen molar-refractivity contribution in [2.45, 2.75) is 40.4 Å². The van der Waals surface area contributed by atoms with Gasteiger partial charge in [0, 0.05) is 67.6 Å².